The maximum absolute atomic E-state index is 12.5. The maximum Gasteiger partial charge on any atom is 0.246 e. The van der Waals surface area contributed by atoms with Crippen LogP contribution in [0.25, 0.3) is 0 Å². The van der Waals surface area contributed by atoms with Crippen molar-refractivity contribution in [3.8, 4) is 0 Å². The number of anilines is 1. The van der Waals surface area contributed by atoms with Crippen LogP contribution in [0.4, 0.5) is 5.82 Å². The standard InChI is InChI=1S/C15H23N5O/c1-19(2)15(21)13-9-16-7-8-20(13)14-11-5-3-4-6-12(11)17-10-18-14/h10,13,16H,3-9H2,1-2H3. The summed E-state index contributed by atoms with van der Waals surface area (Å²) in [4.78, 5) is 25.2. The van der Waals surface area contributed by atoms with Gasteiger partial charge in [0.15, 0.2) is 0 Å². The smallest absolute Gasteiger partial charge is 0.246 e. The van der Waals surface area contributed by atoms with E-state index in [1.807, 2.05) is 14.1 Å². The van der Waals surface area contributed by atoms with Crippen molar-refractivity contribution in [2.75, 3.05) is 38.6 Å². The highest BCUT2D eigenvalue weighted by atomic mass is 16.2. The highest BCUT2D eigenvalue weighted by molar-refractivity contribution is 5.85. The quantitative estimate of drug-likeness (QED) is 0.844. The monoisotopic (exact) mass is 289 g/mol. The van der Waals surface area contributed by atoms with E-state index in [-0.39, 0.29) is 11.9 Å². The summed E-state index contributed by atoms with van der Waals surface area (Å²) in [6, 6.07) is -0.172. The molecule has 2 heterocycles. The first-order chi connectivity index (χ1) is 10.2. The van der Waals surface area contributed by atoms with Gasteiger partial charge >= 0.3 is 0 Å². The number of piperazine rings is 1. The van der Waals surface area contributed by atoms with Crippen LogP contribution in [-0.2, 0) is 17.6 Å². The minimum Gasteiger partial charge on any atom is -0.347 e. The lowest BCUT2D eigenvalue weighted by Crippen LogP contribution is -2.58. The zero-order chi connectivity index (χ0) is 14.8. The zero-order valence-electron chi connectivity index (χ0n) is 12.8. The molecular weight excluding hydrogens is 266 g/mol. The number of hydrogen-bond donors (Lipinski definition) is 1. The van der Waals surface area contributed by atoms with Gasteiger partial charge in [0.1, 0.15) is 18.2 Å². The van der Waals surface area contributed by atoms with Gasteiger partial charge in [-0.2, -0.15) is 0 Å². The summed E-state index contributed by atoms with van der Waals surface area (Å²) < 4.78 is 0. The predicted octanol–water partition coefficient (Wildman–Crippen LogP) is 0.222. The fraction of sp³-hybridized carbons (Fsp3) is 0.667. The Balaban J connectivity index is 1.95. The molecule has 1 aromatic rings. The van der Waals surface area contributed by atoms with Gasteiger partial charge in [0.2, 0.25) is 5.91 Å². The molecule has 114 valence electrons. The van der Waals surface area contributed by atoms with Crippen molar-refractivity contribution >= 4 is 11.7 Å². The van der Waals surface area contributed by atoms with Crippen LogP contribution in [0, 0.1) is 0 Å². The van der Waals surface area contributed by atoms with Crippen LogP contribution in [0.15, 0.2) is 6.33 Å². The number of carbonyl (C=O) groups is 1. The fourth-order valence-corrected chi connectivity index (χ4v) is 3.23. The second kappa shape index (κ2) is 5.97. The number of fused-ring (bicyclic) bond motifs is 1. The Kier molecular flexibility index (Phi) is 4.05. The topological polar surface area (TPSA) is 61.4 Å². The molecule has 3 rings (SSSR count). The lowest BCUT2D eigenvalue weighted by molar-refractivity contribution is -0.130. The minimum atomic E-state index is -0.172. The van der Waals surface area contributed by atoms with Gasteiger partial charge in [-0.25, -0.2) is 9.97 Å². The molecule has 21 heavy (non-hydrogen) atoms. The molecule has 1 unspecified atom stereocenters. The Morgan fingerprint density at radius 2 is 2.14 bits per heavy atom. The van der Waals surface area contributed by atoms with Crippen LogP contribution in [-0.4, -0.2) is 60.5 Å². The molecule has 1 amide bonds. The van der Waals surface area contributed by atoms with Crippen LogP contribution >= 0.6 is 0 Å². The van der Waals surface area contributed by atoms with E-state index in [4.69, 9.17) is 0 Å². The van der Waals surface area contributed by atoms with Crippen molar-refractivity contribution < 1.29 is 4.79 Å². The Morgan fingerprint density at radius 1 is 1.33 bits per heavy atom. The van der Waals surface area contributed by atoms with E-state index in [0.717, 1.165) is 31.7 Å². The van der Waals surface area contributed by atoms with Gasteiger partial charge in [0, 0.05) is 45.0 Å². The van der Waals surface area contributed by atoms with Crippen molar-refractivity contribution in [2.24, 2.45) is 0 Å². The highest BCUT2D eigenvalue weighted by Gasteiger charge is 2.32. The van der Waals surface area contributed by atoms with Crippen LogP contribution in [0.3, 0.4) is 0 Å². The molecule has 0 radical (unpaired) electrons. The number of hydrogen-bond acceptors (Lipinski definition) is 5. The van der Waals surface area contributed by atoms with Crippen molar-refractivity contribution in [2.45, 2.75) is 31.7 Å². The number of amides is 1. The van der Waals surface area contributed by atoms with Gasteiger partial charge in [-0.05, 0) is 25.7 Å². The molecule has 1 aromatic heterocycles. The summed E-state index contributed by atoms with van der Waals surface area (Å²) in [6.07, 6.45) is 6.09. The predicted molar refractivity (Wildman–Crippen MR) is 81.4 cm³/mol. The normalized spacial score (nSPS) is 21.8. The maximum atomic E-state index is 12.5. The second-order valence-corrected chi connectivity index (χ2v) is 5.98. The molecule has 6 nitrogen and oxygen atoms in total. The molecule has 0 spiro atoms. The SMILES string of the molecule is CN(C)C(=O)C1CNCCN1c1ncnc2c1CCCC2. The van der Waals surface area contributed by atoms with Gasteiger partial charge in [0.25, 0.3) is 0 Å². The number of rotatable bonds is 2. The number of likely N-dealkylation sites (N-methyl/N-ethyl adjacent to an activating group) is 1. The first-order valence-electron chi connectivity index (χ1n) is 7.69. The van der Waals surface area contributed by atoms with Gasteiger partial charge in [-0.1, -0.05) is 0 Å². The lowest BCUT2D eigenvalue weighted by Gasteiger charge is -2.38. The molecule has 1 fully saturated rings. The highest BCUT2D eigenvalue weighted by Crippen LogP contribution is 2.28. The molecule has 1 aliphatic carbocycles. The van der Waals surface area contributed by atoms with E-state index in [1.165, 1.54) is 24.1 Å². The molecular formula is C15H23N5O. The lowest BCUT2D eigenvalue weighted by atomic mass is 9.95. The Labute approximate surface area is 125 Å². The average Bonchev–Trinajstić information content (AvgIpc) is 2.53. The number of nitrogens with zero attached hydrogens (tertiary/aromatic N) is 4. The van der Waals surface area contributed by atoms with E-state index in [1.54, 1.807) is 11.2 Å². The summed E-state index contributed by atoms with van der Waals surface area (Å²) in [7, 11) is 3.62. The number of aryl methyl sites for hydroxylation is 1. The molecule has 6 heteroatoms. The van der Waals surface area contributed by atoms with E-state index in [9.17, 15) is 4.79 Å². The second-order valence-electron chi connectivity index (χ2n) is 5.98. The van der Waals surface area contributed by atoms with Crippen LogP contribution in [0.2, 0.25) is 0 Å². The molecule has 1 atom stereocenters. The molecule has 0 aromatic carbocycles. The first kappa shape index (κ1) is 14.3. The first-order valence-corrected chi connectivity index (χ1v) is 7.69. The third-order valence-electron chi connectivity index (χ3n) is 4.34. The van der Waals surface area contributed by atoms with Gasteiger partial charge < -0.3 is 15.1 Å². The summed E-state index contributed by atoms with van der Waals surface area (Å²) in [5.74, 6) is 1.10. The van der Waals surface area contributed by atoms with Crippen molar-refractivity contribution in [3.63, 3.8) is 0 Å². The van der Waals surface area contributed by atoms with Gasteiger partial charge in [-0.15, -0.1) is 0 Å². The zero-order valence-corrected chi connectivity index (χ0v) is 12.8. The Hall–Kier alpha value is -1.69. The molecule has 1 saturated heterocycles. The van der Waals surface area contributed by atoms with E-state index in [2.05, 4.69) is 20.2 Å². The summed E-state index contributed by atoms with van der Waals surface area (Å²) in [5.41, 5.74) is 2.42. The van der Waals surface area contributed by atoms with E-state index < -0.39 is 0 Å². The van der Waals surface area contributed by atoms with E-state index in [0.29, 0.717) is 6.54 Å². The molecule has 0 saturated carbocycles. The number of aromatic nitrogens is 2. The molecule has 1 N–H and O–H groups in total. The summed E-state index contributed by atoms with van der Waals surface area (Å²) >= 11 is 0. The van der Waals surface area contributed by atoms with Crippen LogP contribution in [0.5, 0.6) is 0 Å². The average molecular weight is 289 g/mol. The number of carbonyl (C=O) groups excluding carboxylic acids is 1. The third kappa shape index (κ3) is 2.72. The molecule has 1 aliphatic heterocycles. The molecule has 0 bridgehead atoms. The van der Waals surface area contributed by atoms with Crippen LogP contribution in [0.1, 0.15) is 24.1 Å². The minimum absolute atomic E-state index is 0.130. The molecule has 2 aliphatic rings. The van der Waals surface area contributed by atoms with E-state index >= 15 is 0 Å². The number of nitrogens with one attached hydrogen (secondary N) is 1. The Morgan fingerprint density at radius 3 is 2.95 bits per heavy atom. The van der Waals surface area contributed by atoms with Gasteiger partial charge in [0.05, 0.1) is 0 Å². The summed E-state index contributed by atoms with van der Waals surface area (Å²) in [5, 5.41) is 3.32. The fourth-order valence-electron chi connectivity index (χ4n) is 3.23. The third-order valence-corrected chi connectivity index (χ3v) is 4.34. The largest absolute Gasteiger partial charge is 0.347 e. The van der Waals surface area contributed by atoms with Crippen molar-refractivity contribution in [3.05, 3.63) is 17.6 Å². The Bertz CT molecular complexity index is 531. The van der Waals surface area contributed by atoms with Crippen molar-refractivity contribution in [1.82, 2.24) is 20.2 Å². The van der Waals surface area contributed by atoms with Gasteiger partial charge in [-0.3, -0.25) is 4.79 Å². The summed E-state index contributed by atoms with van der Waals surface area (Å²) in [6.45, 7) is 2.37. The van der Waals surface area contributed by atoms with Crippen LogP contribution < -0.4 is 10.2 Å². The van der Waals surface area contributed by atoms with Crippen molar-refractivity contribution in [1.29, 1.82) is 0 Å².